The van der Waals surface area contributed by atoms with Gasteiger partial charge in [-0.25, -0.2) is 0 Å². The molecule has 1 aliphatic rings. The first-order valence-electron chi connectivity index (χ1n) is 6.30. The summed E-state index contributed by atoms with van der Waals surface area (Å²) in [7, 11) is 0. The molecular formula is C13H21NO2S. The maximum absolute atomic E-state index is 9.94. The van der Waals surface area contributed by atoms with Crippen molar-refractivity contribution in [3.63, 3.8) is 0 Å². The first kappa shape index (κ1) is 13.0. The highest BCUT2D eigenvalue weighted by Gasteiger charge is 2.25. The Kier molecular flexibility index (Phi) is 4.98. The van der Waals surface area contributed by atoms with E-state index in [0.717, 1.165) is 26.1 Å². The fraction of sp³-hybridized carbons (Fsp3) is 0.692. The van der Waals surface area contributed by atoms with E-state index in [9.17, 15) is 5.11 Å². The summed E-state index contributed by atoms with van der Waals surface area (Å²) in [6, 6.07) is 4.26. The SMILES string of the molecule is CCN(Cc1cccs1)CC1COCCC1O. The fourth-order valence-electron chi connectivity index (χ4n) is 2.22. The summed E-state index contributed by atoms with van der Waals surface area (Å²) in [5.41, 5.74) is 0. The van der Waals surface area contributed by atoms with Crippen molar-refractivity contribution in [3.05, 3.63) is 22.4 Å². The minimum Gasteiger partial charge on any atom is -0.393 e. The number of hydrogen-bond acceptors (Lipinski definition) is 4. The van der Waals surface area contributed by atoms with Crippen molar-refractivity contribution in [2.75, 3.05) is 26.3 Å². The van der Waals surface area contributed by atoms with Crippen LogP contribution in [0.25, 0.3) is 0 Å². The van der Waals surface area contributed by atoms with Gasteiger partial charge in [0.25, 0.3) is 0 Å². The van der Waals surface area contributed by atoms with Crippen LogP contribution in [0.15, 0.2) is 17.5 Å². The van der Waals surface area contributed by atoms with Crippen LogP contribution in [0.3, 0.4) is 0 Å². The first-order valence-corrected chi connectivity index (χ1v) is 7.18. The third-order valence-corrected chi connectivity index (χ3v) is 4.19. The molecule has 0 aromatic carbocycles. The molecule has 2 unspecified atom stereocenters. The van der Waals surface area contributed by atoms with Gasteiger partial charge < -0.3 is 9.84 Å². The number of nitrogens with zero attached hydrogens (tertiary/aromatic N) is 1. The van der Waals surface area contributed by atoms with Crippen molar-refractivity contribution >= 4 is 11.3 Å². The lowest BCUT2D eigenvalue weighted by atomic mass is 9.98. The number of rotatable bonds is 5. The minimum atomic E-state index is -0.193. The molecule has 1 fully saturated rings. The van der Waals surface area contributed by atoms with E-state index in [2.05, 4.69) is 29.3 Å². The summed E-state index contributed by atoms with van der Waals surface area (Å²) in [5.74, 6) is 0.267. The predicted molar refractivity (Wildman–Crippen MR) is 70.2 cm³/mol. The number of hydrogen-bond donors (Lipinski definition) is 1. The number of ether oxygens (including phenoxy) is 1. The Morgan fingerprint density at radius 3 is 3.12 bits per heavy atom. The molecular weight excluding hydrogens is 234 g/mol. The molecule has 1 saturated heterocycles. The van der Waals surface area contributed by atoms with E-state index in [4.69, 9.17) is 4.74 Å². The summed E-state index contributed by atoms with van der Waals surface area (Å²) in [4.78, 5) is 3.77. The van der Waals surface area contributed by atoms with Crippen molar-refractivity contribution in [2.24, 2.45) is 5.92 Å². The van der Waals surface area contributed by atoms with E-state index in [-0.39, 0.29) is 12.0 Å². The van der Waals surface area contributed by atoms with Crippen LogP contribution in [0, 0.1) is 5.92 Å². The first-order chi connectivity index (χ1) is 8.29. The number of aliphatic hydroxyl groups excluding tert-OH is 1. The van der Waals surface area contributed by atoms with E-state index in [0.29, 0.717) is 13.2 Å². The van der Waals surface area contributed by atoms with Crippen LogP contribution in [0.4, 0.5) is 0 Å². The van der Waals surface area contributed by atoms with Crippen molar-refractivity contribution < 1.29 is 9.84 Å². The molecule has 0 spiro atoms. The normalized spacial score (nSPS) is 25.4. The average molecular weight is 255 g/mol. The topological polar surface area (TPSA) is 32.7 Å². The Hall–Kier alpha value is -0.420. The second-order valence-electron chi connectivity index (χ2n) is 4.60. The zero-order valence-electron chi connectivity index (χ0n) is 10.3. The Morgan fingerprint density at radius 1 is 1.59 bits per heavy atom. The lowest BCUT2D eigenvalue weighted by Gasteiger charge is -2.32. The molecule has 1 N–H and O–H groups in total. The molecule has 17 heavy (non-hydrogen) atoms. The average Bonchev–Trinajstić information content (AvgIpc) is 2.84. The maximum Gasteiger partial charge on any atom is 0.0624 e. The van der Waals surface area contributed by atoms with E-state index in [1.54, 1.807) is 11.3 Å². The van der Waals surface area contributed by atoms with Crippen molar-refractivity contribution in [2.45, 2.75) is 26.0 Å². The van der Waals surface area contributed by atoms with Gasteiger partial charge >= 0.3 is 0 Å². The van der Waals surface area contributed by atoms with Gasteiger partial charge in [-0.2, -0.15) is 0 Å². The number of aliphatic hydroxyl groups is 1. The molecule has 0 aliphatic carbocycles. The molecule has 0 bridgehead atoms. The monoisotopic (exact) mass is 255 g/mol. The van der Waals surface area contributed by atoms with Gasteiger partial charge in [0.15, 0.2) is 0 Å². The Bertz CT molecular complexity index is 315. The van der Waals surface area contributed by atoms with Crippen molar-refractivity contribution in [3.8, 4) is 0 Å². The van der Waals surface area contributed by atoms with Gasteiger partial charge in [0.1, 0.15) is 0 Å². The highest BCUT2D eigenvalue weighted by molar-refractivity contribution is 7.09. The summed E-state index contributed by atoms with van der Waals surface area (Å²) in [5, 5.41) is 12.0. The molecule has 1 aromatic heterocycles. The van der Waals surface area contributed by atoms with E-state index in [1.165, 1.54) is 4.88 Å². The molecule has 1 aromatic rings. The summed E-state index contributed by atoms with van der Waals surface area (Å²) < 4.78 is 5.45. The fourth-order valence-corrected chi connectivity index (χ4v) is 2.97. The second-order valence-corrected chi connectivity index (χ2v) is 5.63. The van der Waals surface area contributed by atoms with Crippen LogP contribution in [0.2, 0.25) is 0 Å². The smallest absolute Gasteiger partial charge is 0.0624 e. The summed E-state index contributed by atoms with van der Waals surface area (Å²) >= 11 is 1.79. The number of thiophene rings is 1. The molecule has 1 aliphatic heterocycles. The summed E-state index contributed by atoms with van der Waals surface area (Å²) in [6.45, 7) is 6.49. The van der Waals surface area contributed by atoms with E-state index >= 15 is 0 Å². The quantitative estimate of drug-likeness (QED) is 0.873. The predicted octanol–water partition coefficient (Wildman–Crippen LogP) is 1.97. The molecule has 0 amide bonds. The van der Waals surface area contributed by atoms with Crippen molar-refractivity contribution in [1.82, 2.24) is 4.90 Å². The molecule has 3 nitrogen and oxygen atoms in total. The Morgan fingerprint density at radius 2 is 2.47 bits per heavy atom. The van der Waals surface area contributed by atoms with Gasteiger partial charge in [0, 0.05) is 30.5 Å². The van der Waals surface area contributed by atoms with E-state index < -0.39 is 0 Å². The highest BCUT2D eigenvalue weighted by atomic mass is 32.1. The molecule has 96 valence electrons. The standard InChI is InChI=1S/C13H21NO2S/c1-2-14(9-12-4-3-7-17-12)8-11-10-16-6-5-13(11)15/h3-4,7,11,13,15H,2,5-6,8-10H2,1H3. The van der Waals surface area contributed by atoms with Crippen LogP contribution in [0.1, 0.15) is 18.2 Å². The Balaban J connectivity index is 1.86. The molecule has 2 atom stereocenters. The molecule has 0 saturated carbocycles. The van der Waals surface area contributed by atoms with Crippen LogP contribution in [0.5, 0.6) is 0 Å². The second kappa shape index (κ2) is 6.50. The molecule has 2 rings (SSSR count). The molecule has 4 heteroatoms. The largest absolute Gasteiger partial charge is 0.393 e. The molecule has 0 radical (unpaired) electrons. The zero-order chi connectivity index (χ0) is 12.1. The van der Waals surface area contributed by atoms with Crippen LogP contribution >= 0.6 is 11.3 Å². The third kappa shape index (κ3) is 3.78. The minimum absolute atomic E-state index is 0.193. The van der Waals surface area contributed by atoms with Gasteiger partial charge in [0.05, 0.1) is 12.7 Å². The van der Waals surface area contributed by atoms with Gasteiger partial charge in [-0.1, -0.05) is 13.0 Å². The van der Waals surface area contributed by atoms with Crippen LogP contribution in [-0.4, -0.2) is 42.4 Å². The highest BCUT2D eigenvalue weighted by Crippen LogP contribution is 2.18. The lowest BCUT2D eigenvalue weighted by Crippen LogP contribution is -2.40. The van der Waals surface area contributed by atoms with Crippen LogP contribution in [-0.2, 0) is 11.3 Å². The van der Waals surface area contributed by atoms with Crippen LogP contribution < -0.4 is 0 Å². The maximum atomic E-state index is 9.94. The Labute approximate surface area is 107 Å². The lowest BCUT2D eigenvalue weighted by molar-refractivity contribution is -0.0468. The summed E-state index contributed by atoms with van der Waals surface area (Å²) in [6.07, 6.45) is 0.586. The third-order valence-electron chi connectivity index (χ3n) is 3.33. The van der Waals surface area contributed by atoms with Gasteiger partial charge in [0.2, 0.25) is 0 Å². The van der Waals surface area contributed by atoms with Crippen molar-refractivity contribution in [1.29, 1.82) is 0 Å². The van der Waals surface area contributed by atoms with Gasteiger partial charge in [-0.05, 0) is 24.4 Å². The molecule has 2 heterocycles. The van der Waals surface area contributed by atoms with Gasteiger partial charge in [-0.15, -0.1) is 11.3 Å². The zero-order valence-corrected chi connectivity index (χ0v) is 11.2. The van der Waals surface area contributed by atoms with Gasteiger partial charge in [-0.3, -0.25) is 4.90 Å². The van der Waals surface area contributed by atoms with E-state index in [1.807, 2.05) is 0 Å².